The van der Waals surface area contributed by atoms with E-state index in [0.29, 0.717) is 11.3 Å². The van der Waals surface area contributed by atoms with E-state index in [9.17, 15) is 18.0 Å². The molecule has 1 aromatic carbocycles. The number of hydrogen-bond donors (Lipinski definition) is 1. The standard InChI is InChI=1S/C12H10F3NO2/c1-6-10(11(17)12(13,14)15)8-5-7(18-2)3-4-9(8)16-6/h3-5,16H,1-2H3. The maximum absolute atomic E-state index is 12.5. The number of aryl methyl sites for hydroxylation is 1. The Kier molecular flexibility index (Phi) is 2.80. The Morgan fingerprint density at radius 1 is 1.33 bits per heavy atom. The summed E-state index contributed by atoms with van der Waals surface area (Å²) in [6, 6.07) is 4.60. The van der Waals surface area contributed by atoms with Crippen LogP contribution >= 0.6 is 0 Å². The van der Waals surface area contributed by atoms with E-state index in [-0.39, 0.29) is 16.6 Å². The average molecular weight is 257 g/mol. The van der Waals surface area contributed by atoms with Crippen molar-refractivity contribution in [3.63, 3.8) is 0 Å². The molecule has 3 nitrogen and oxygen atoms in total. The number of nitrogens with one attached hydrogen (secondary N) is 1. The van der Waals surface area contributed by atoms with Crippen LogP contribution < -0.4 is 4.74 Å². The second-order valence-electron chi connectivity index (χ2n) is 3.86. The second-order valence-corrected chi connectivity index (χ2v) is 3.86. The highest BCUT2D eigenvalue weighted by Crippen LogP contribution is 2.31. The fourth-order valence-corrected chi connectivity index (χ4v) is 1.87. The maximum Gasteiger partial charge on any atom is 0.454 e. The Balaban J connectivity index is 2.69. The van der Waals surface area contributed by atoms with E-state index in [1.165, 1.54) is 20.1 Å². The van der Waals surface area contributed by atoms with Gasteiger partial charge in [-0.15, -0.1) is 0 Å². The smallest absolute Gasteiger partial charge is 0.454 e. The van der Waals surface area contributed by atoms with Crippen LogP contribution in [0, 0.1) is 6.92 Å². The zero-order chi connectivity index (χ0) is 13.5. The molecule has 1 heterocycles. The van der Waals surface area contributed by atoms with Crippen molar-refractivity contribution < 1.29 is 22.7 Å². The third-order valence-electron chi connectivity index (χ3n) is 2.68. The highest BCUT2D eigenvalue weighted by atomic mass is 19.4. The van der Waals surface area contributed by atoms with Gasteiger partial charge in [0.25, 0.3) is 5.78 Å². The van der Waals surface area contributed by atoms with Crippen molar-refractivity contribution in [3.8, 4) is 5.75 Å². The Bertz CT molecular complexity index is 614. The number of hydrogen-bond acceptors (Lipinski definition) is 2. The van der Waals surface area contributed by atoms with Crippen LogP contribution in [0.15, 0.2) is 18.2 Å². The number of halogens is 3. The number of ketones is 1. The van der Waals surface area contributed by atoms with Gasteiger partial charge in [0.15, 0.2) is 0 Å². The molecule has 0 bridgehead atoms. The van der Waals surface area contributed by atoms with E-state index in [4.69, 9.17) is 4.74 Å². The van der Waals surface area contributed by atoms with Gasteiger partial charge in [0, 0.05) is 16.6 Å². The molecule has 96 valence electrons. The van der Waals surface area contributed by atoms with Crippen molar-refractivity contribution in [2.45, 2.75) is 13.1 Å². The summed E-state index contributed by atoms with van der Waals surface area (Å²) in [7, 11) is 1.41. The van der Waals surface area contributed by atoms with E-state index < -0.39 is 12.0 Å². The number of rotatable bonds is 2. The van der Waals surface area contributed by atoms with Crippen LogP contribution in [0.1, 0.15) is 16.1 Å². The summed E-state index contributed by atoms with van der Waals surface area (Å²) in [5, 5.41) is 0.217. The van der Waals surface area contributed by atoms with Gasteiger partial charge >= 0.3 is 6.18 Å². The Labute approximate surface area is 101 Å². The lowest BCUT2D eigenvalue weighted by Crippen LogP contribution is -2.23. The number of aromatic amines is 1. The molecule has 2 aromatic rings. The summed E-state index contributed by atoms with van der Waals surface area (Å²) in [5.41, 5.74) is 0.317. The van der Waals surface area contributed by atoms with E-state index in [1.54, 1.807) is 12.1 Å². The average Bonchev–Trinajstić information content (AvgIpc) is 2.61. The quantitative estimate of drug-likeness (QED) is 0.839. The largest absolute Gasteiger partial charge is 0.497 e. The Hall–Kier alpha value is -1.98. The van der Waals surface area contributed by atoms with Crippen molar-refractivity contribution in [3.05, 3.63) is 29.5 Å². The molecule has 6 heteroatoms. The molecule has 0 fully saturated rings. The van der Waals surface area contributed by atoms with Gasteiger partial charge in [-0.1, -0.05) is 0 Å². The van der Waals surface area contributed by atoms with E-state index in [1.807, 2.05) is 0 Å². The molecule has 0 unspecified atom stereocenters. The molecular weight excluding hydrogens is 247 g/mol. The molecule has 1 N–H and O–H groups in total. The predicted molar refractivity (Wildman–Crippen MR) is 60.0 cm³/mol. The second kappa shape index (κ2) is 4.04. The zero-order valence-corrected chi connectivity index (χ0v) is 9.68. The molecule has 1 aromatic heterocycles. The molecule has 0 aliphatic rings. The van der Waals surface area contributed by atoms with E-state index in [0.717, 1.165) is 0 Å². The highest BCUT2D eigenvalue weighted by molar-refractivity contribution is 6.11. The number of aromatic nitrogens is 1. The number of methoxy groups -OCH3 is 1. The summed E-state index contributed by atoms with van der Waals surface area (Å²) in [6.45, 7) is 1.44. The molecule has 0 aliphatic heterocycles. The van der Waals surface area contributed by atoms with Gasteiger partial charge < -0.3 is 9.72 Å². The minimum atomic E-state index is -4.89. The van der Waals surface area contributed by atoms with Gasteiger partial charge in [-0.2, -0.15) is 13.2 Å². The molecule has 0 radical (unpaired) electrons. The van der Waals surface area contributed by atoms with Crippen molar-refractivity contribution in [1.82, 2.24) is 4.98 Å². The van der Waals surface area contributed by atoms with Crippen molar-refractivity contribution >= 4 is 16.7 Å². The fraction of sp³-hybridized carbons (Fsp3) is 0.250. The lowest BCUT2D eigenvalue weighted by Gasteiger charge is -2.05. The van der Waals surface area contributed by atoms with Crippen LogP contribution in [-0.2, 0) is 0 Å². The summed E-state index contributed by atoms with van der Waals surface area (Å²) in [6.07, 6.45) is -4.89. The number of fused-ring (bicyclic) bond motifs is 1. The van der Waals surface area contributed by atoms with Crippen LogP contribution in [0.25, 0.3) is 10.9 Å². The molecule has 0 saturated heterocycles. The predicted octanol–water partition coefficient (Wildman–Crippen LogP) is 3.23. The van der Waals surface area contributed by atoms with Crippen molar-refractivity contribution in [2.75, 3.05) is 7.11 Å². The fourth-order valence-electron chi connectivity index (χ4n) is 1.87. The molecular formula is C12H10F3NO2. The molecule has 0 aliphatic carbocycles. The van der Waals surface area contributed by atoms with Crippen molar-refractivity contribution in [1.29, 1.82) is 0 Å². The molecule has 18 heavy (non-hydrogen) atoms. The number of carbonyl (C=O) groups excluding carboxylic acids is 1. The summed E-state index contributed by atoms with van der Waals surface area (Å²) in [4.78, 5) is 14.1. The third kappa shape index (κ3) is 1.94. The van der Waals surface area contributed by atoms with Crippen LogP contribution in [-0.4, -0.2) is 24.1 Å². The molecule has 0 spiro atoms. The number of H-pyrrole nitrogens is 1. The number of Topliss-reactive ketones (excluding diaryl/α,β-unsaturated/α-hetero) is 1. The minimum absolute atomic E-state index is 0.195. The van der Waals surface area contributed by atoms with Crippen LogP contribution in [0.2, 0.25) is 0 Å². The number of carbonyl (C=O) groups is 1. The van der Waals surface area contributed by atoms with Crippen LogP contribution in [0.4, 0.5) is 13.2 Å². The summed E-state index contributed by atoms with van der Waals surface area (Å²) < 4.78 is 42.5. The molecule has 0 amide bonds. The lowest BCUT2D eigenvalue weighted by atomic mass is 10.1. The molecule has 0 atom stereocenters. The van der Waals surface area contributed by atoms with Gasteiger partial charge in [-0.05, 0) is 25.1 Å². The first-order valence-electron chi connectivity index (χ1n) is 5.12. The SMILES string of the molecule is COc1ccc2[nH]c(C)c(C(=O)C(F)(F)F)c2c1. The van der Waals surface area contributed by atoms with E-state index >= 15 is 0 Å². The first-order valence-corrected chi connectivity index (χ1v) is 5.12. The first kappa shape index (κ1) is 12.5. The topological polar surface area (TPSA) is 42.1 Å². The Morgan fingerprint density at radius 3 is 2.56 bits per heavy atom. The maximum atomic E-state index is 12.5. The number of benzene rings is 1. The van der Waals surface area contributed by atoms with Gasteiger partial charge in [0.2, 0.25) is 0 Å². The van der Waals surface area contributed by atoms with Gasteiger partial charge in [-0.3, -0.25) is 4.79 Å². The van der Waals surface area contributed by atoms with Crippen LogP contribution in [0.3, 0.4) is 0 Å². The van der Waals surface area contributed by atoms with Gasteiger partial charge in [0.05, 0.1) is 12.7 Å². The minimum Gasteiger partial charge on any atom is -0.497 e. The lowest BCUT2D eigenvalue weighted by molar-refractivity contribution is -0.0884. The number of alkyl halides is 3. The van der Waals surface area contributed by atoms with Crippen molar-refractivity contribution in [2.24, 2.45) is 0 Å². The van der Waals surface area contributed by atoms with E-state index in [2.05, 4.69) is 4.98 Å². The Morgan fingerprint density at radius 2 is 2.00 bits per heavy atom. The molecule has 2 rings (SSSR count). The van der Waals surface area contributed by atoms with Gasteiger partial charge in [-0.25, -0.2) is 0 Å². The first-order chi connectivity index (χ1) is 8.34. The highest BCUT2D eigenvalue weighted by Gasteiger charge is 2.41. The summed E-state index contributed by atoms with van der Waals surface area (Å²) in [5.74, 6) is -1.45. The zero-order valence-electron chi connectivity index (χ0n) is 9.68. The number of ether oxygens (including phenoxy) is 1. The monoisotopic (exact) mass is 257 g/mol. The normalized spacial score (nSPS) is 11.8. The summed E-state index contributed by atoms with van der Waals surface area (Å²) >= 11 is 0. The molecule has 0 saturated carbocycles. The van der Waals surface area contributed by atoms with Crippen LogP contribution in [0.5, 0.6) is 5.75 Å². The van der Waals surface area contributed by atoms with Gasteiger partial charge in [0.1, 0.15) is 5.75 Å². The third-order valence-corrected chi connectivity index (χ3v) is 2.68.